The van der Waals surface area contributed by atoms with Crippen LogP contribution in [-0.4, -0.2) is 67.2 Å². The Hall–Kier alpha value is -2.18. The molecule has 2 heterocycles. The summed E-state index contributed by atoms with van der Waals surface area (Å²) < 4.78 is 10.7. The van der Waals surface area contributed by atoms with Crippen molar-refractivity contribution in [2.24, 2.45) is 0 Å². The fourth-order valence-electron chi connectivity index (χ4n) is 3.29. The molecule has 1 unspecified atom stereocenters. The van der Waals surface area contributed by atoms with E-state index in [1.54, 1.807) is 14.2 Å². The van der Waals surface area contributed by atoms with Crippen LogP contribution in [0, 0.1) is 0 Å². The summed E-state index contributed by atoms with van der Waals surface area (Å²) >= 11 is 0. The van der Waals surface area contributed by atoms with Crippen molar-refractivity contribution in [3.63, 3.8) is 0 Å². The van der Waals surface area contributed by atoms with Crippen LogP contribution in [-0.2, 0) is 6.54 Å². The van der Waals surface area contributed by atoms with Crippen LogP contribution >= 0.6 is 0 Å². The SMILES string of the molecule is COc1cc(-c2cc(CN3CCC(N(C)C)C3)ccc2OC)ncn1. The number of likely N-dealkylation sites (tertiary alicyclic amines) is 1. The second-order valence-electron chi connectivity index (χ2n) is 6.62. The van der Waals surface area contributed by atoms with E-state index in [1.165, 1.54) is 18.3 Å². The topological polar surface area (TPSA) is 50.7 Å². The quantitative estimate of drug-likeness (QED) is 0.803. The lowest BCUT2D eigenvalue weighted by molar-refractivity contribution is 0.264. The molecule has 0 radical (unpaired) electrons. The highest BCUT2D eigenvalue weighted by Gasteiger charge is 2.24. The van der Waals surface area contributed by atoms with Gasteiger partial charge in [0.25, 0.3) is 0 Å². The average Bonchev–Trinajstić information content (AvgIpc) is 3.10. The lowest BCUT2D eigenvalue weighted by atomic mass is 10.1. The van der Waals surface area contributed by atoms with Crippen molar-refractivity contribution in [3.8, 4) is 22.9 Å². The molecular formula is C19H26N4O2. The molecule has 1 atom stereocenters. The Morgan fingerprint density at radius 3 is 2.68 bits per heavy atom. The number of methoxy groups -OCH3 is 2. The molecule has 0 saturated carbocycles. The van der Waals surface area contributed by atoms with Gasteiger partial charge < -0.3 is 14.4 Å². The molecule has 1 fully saturated rings. The average molecular weight is 342 g/mol. The molecule has 0 amide bonds. The number of benzene rings is 1. The molecule has 1 aliphatic heterocycles. The van der Waals surface area contributed by atoms with Gasteiger partial charge in [-0.25, -0.2) is 9.97 Å². The molecule has 134 valence electrons. The lowest BCUT2D eigenvalue weighted by Gasteiger charge is -2.20. The lowest BCUT2D eigenvalue weighted by Crippen LogP contribution is -2.31. The van der Waals surface area contributed by atoms with Gasteiger partial charge in [-0.1, -0.05) is 6.07 Å². The van der Waals surface area contributed by atoms with Crippen molar-refractivity contribution >= 4 is 0 Å². The fraction of sp³-hybridized carbons (Fsp3) is 0.474. The Morgan fingerprint density at radius 2 is 2.00 bits per heavy atom. The summed E-state index contributed by atoms with van der Waals surface area (Å²) in [6, 6.07) is 8.77. The standard InChI is InChI=1S/C19H26N4O2/c1-22(2)15-7-8-23(12-15)11-14-5-6-18(24-3)16(9-14)17-10-19(25-4)21-13-20-17/h5-6,9-10,13,15H,7-8,11-12H2,1-4H3. The molecular weight excluding hydrogens is 316 g/mol. The first-order valence-corrected chi connectivity index (χ1v) is 8.53. The van der Waals surface area contributed by atoms with E-state index in [4.69, 9.17) is 9.47 Å². The van der Waals surface area contributed by atoms with Gasteiger partial charge in [-0.3, -0.25) is 4.90 Å². The summed E-state index contributed by atoms with van der Waals surface area (Å²) in [5.41, 5.74) is 3.02. The van der Waals surface area contributed by atoms with E-state index in [0.29, 0.717) is 11.9 Å². The zero-order valence-electron chi connectivity index (χ0n) is 15.4. The van der Waals surface area contributed by atoms with E-state index in [2.05, 4.69) is 46.0 Å². The van der Waals surface area contributed by atoms with Crippen molar-refractivity contribution < 1.29 is 9.47 Å². The van der Waals surface area contributed by atoms with Gasteiger partial charge in [0.05, 0.1) is 19.9 Å². The number of nitrogens with zero attached hydrogens (tertiary/aromatic N) is 4. The van der Waals surface area contributed by atoms with Crippen LogP contribution in [0.2, 0.25) is 0 Å². The van der Waals surface area contributed by atoms with Gasteiger partial charge in [0.15, 0.2) is 0 Å². The fourth-order valence-corrected chi connectivity index (χ4v) is 3.29. The van der Waals surface area contributed by atoms with E-state index in [-0.39, 0.29) is 0 Å². The van der Waals surface area contributed by atoms with Crippen LogP contribution in [0.3, 0.4) is 0 Å². The van der Waals surface area contributed by atoms with Crippen LogP contribution in [0.25, 0.3) is 11.3 Å². The molecule has 1 aliphatic rings. The molecule has 6 nitrogen and oxygen atoms in total. The Labute approximate surface area is 149 Å². The Kier molecular flexibility index (Phi) is 5.50. The Bertz CT molecular complexity index is 720. The third kappa shape index (κ3) is 4.08. The molecule has 1 aromatic heterocycles. The first kappa shape index (κ1) is 17.6. The predicted molar refractivity (Wildman–Crippen MR) is 97.9 cm³/mol. The van der Waals surface area contributed by atoms with Gasteiger partial charge in [-0.05, 0) is 38.2 Å². The van der Waals surface area contributed by atoms with Crippen molar-refractivity contribution in [3.05, 3.63) is 36.2 Å². The monoisotopic (exact) mass is 342 g/mol. The minimum absolute atomic E-state index is 0.547. The Morgan fingerprint density at radius 1 is 1.16 bits per heavy atom. The highest BCUT2D eigenvalue weighted by molar-refractivity contribution is 5.68. The third-order valence-corrected chi connectivity index (χ3v) is 4.77. The zero-order chi connectivity index (χ0) is 17.8. The van der Waals surface area contributed by atoms with Crippen LogP contribution in [0.5, 0.6) is 11.6 Å². The van der Waals surface area contributed by atoms with Gasteiger partial charge in [0.1, 0.15) is 12.1 Å². The number of ether oxygens (including phenoxy) is 2. The number of aromatic nitrogens is 2. The second kappa shape index (κ2) is 7.80. The predicted octanol–water partition coefficient (Wildman–Crippen LogP) is 2.30. The van der Waals surface area contributed by atoms with Gasteiger partial charge in [-0.15, -0.1) is 0 Å². The smallest absolute Gasteiger partial charge is 0.216 e. The Balaban J connectivity index is 1.83. The summed E-state index contributed by atoms with van der Waals surface area (Å²) in [7, 11) is 7.59. The van der Waals surface area contributed by atoms with Gasteiger partial charge in [0.2, 0.25) is 5.88 Å². The van der Waals surface area contributed by atoms with E-state index in [0.717, 1.165) is 36.6 Å². The minimum atomic E-state index is 0.547. The molecule has 0 aliphatic carbocycles. The molecule has 1 saturated heterocycles. The molecule has 2 aromatic rings. The molecule has 25 heavy (non-hydrogen) atoms. The first-order valence-electron chi connectivity index (χ1n) is 8.53. The maximum Gasteiger partial charge on any atom is 0.216 e. The van der Waals surface area contributed by atoms with E-state index >= 15 is 0 Å². The summed E-state index contributed by atoms with van der Waals surface area (Å²) in [6.45, 7) is 3.17. The summed E-state index contributed by atoms with van der Waals surface area (Å²) in [4.78, 5) is 13.3. The van der Waals surface area contributed by atoms with Crippen molar-refractivity contribution in [2.75, 3.05) is 41.4 Å². The third-order valence-electron chi connectivity index (χ3n) is 4.77. The summed E-state index contributed by atoms with van der Waals surface area (Å²) in [5, 5.41) is 0. The molecule has 1 aromatic carbocycles. The van der Waals surface area contributed by atoms with E-state index in [1.807, 2.05) is 12.1 Å². The summed E-state index contributed by atoms with van der Waals surface area (Å²) in [6.07, 6.45) is 2.74. The molecule has 3 rings (SSSR count). The van der Waals surface area contributed by atoms with E-state index < -0.39 is 0 Å². The van der Waals surface area contributed by atoms with Gasteiger partial charge in [-0.2, -0.15) is 0 Å². The van der Waals surface area contributed by atoms with Crippen LogP contribution in [0.15, 0.2) is 30.6 Å². The van der Waals surface area contributed by atoms with Gasteiger partial charge in [0, 0.05) is 37.3 Å². The maximum atomic E-state index is 5.53. The summed E-state index contributed by atoms with van der Waals surface area (Å²) in [5.74, 6) is 1.35. The molecule has 6 heteroatoms. The molecule has 0 spiro atoms. The van der Waals surface area contributed by atoms with Crippen LogP contribution in [0.4, 0.5) is 0 Å². The largest absolute Gasteiger partial charge is 0.496 e. The highest BCUT2D eigenvalue weighted by Crippen LogP contribution is 2.31. The zero-order valence-corrected chi connectivity index (χ0v) is 15.4. The van der Waals surface area contributed by atoms with Gasteiger partial charge >= 0.3 is 0 Å². The highest BCUT2D eigenvalue weighted by atomic mass is 16.5. The minimum Gasteiger partial charge on any atom is -0.496 e. The second-order valence-corrected chi connectivity index (χ2v) is 6.62. The number of hydrogen-bond donors (Lipinski definition) is 0. The van der Waals surface area contributed by atoms with E-state index in [9.17, 15) is 0 Å². The maximum absolute atomic E-state index is 5.53. The number of likely N-dealkylation sites (N-methyl/N-ethyl adjacent to an activating group) is 1. The number of hydrogen-bond acceptors (Lipinski definition) is 6. The molecule has 0 N–H and O–H groups in total. The van der Waals surface area contributed by atoms with Crippen molar-refractivity contribution in [2.45, 2.75) is 19.0 Å². The first-order chi connectivity index (χ1) is 12.1. The number of rotatable bonds is 6. The van der Waals surface area contributed by atoms with Crippen LogP contribution in [0.1, 0.15) is 12.0 Å². The van der Waals surface area contributed by atoms with Crippen molar-refractivity contribution in [1.82, 2.24) is 19.8 Å². The normalized spacial score (nSPS) is 17.9. The molecule has 0 bridgehead atoms. The van der Waals surface area contributed by atoms with Crippen molar-refractivity contribution in [1.29, 1.82) is 0 Å². The van der Waals surface area contributed by atoms with Crippen LogP contribution < -0.4 is 9.47 Å².